The average Bonchev–Trinajstić information content (AvgIpc) is 3.52. The lowest BCUT2D eigenvalue weighted by Crippen LogP contribution is -2.39. The quantitative estimate of drug-likeness (QED) is 0.486. The van der Waals surface area contributed by atoms with E-state index >= 15 is 0 Å². The lowest BCUT2D eigenvalue weighted by atomic mass is 9.62. The van der Waals surface area contributed by atoms with E-state index in [9.17, 15) is 14.7 Å². The number of amides is 1. The highest BCUT2D eigenvalue weighted by molar-refractivity contribution is 5.85. The van der Waals surface area contributed by atoms with Crippen LogP contribution < -0.4 is 18.9 Å². The van der Waals surface area contributed by atoms with Gasteiger partial charge in [0.05, 0.1) is 26.7 Å². The summed E-state index contributed by atoms with van der Waals surface area (Å²) in [5.41, 5.74) is 2.52. The molecule has 11 heteroatoms. The molecule has 39 heavy (non-hydrogen) atoms. The van der Waals surface area contributed by atoms with Crippen molar-refractivity contribution in [3.63, 3.8) is 0 Å². The van der Waals surface area contributed by atoms with Crippen molar-refractivity contribution in [3.8, 4) is 28.7 Å². The lowest BCUT2D eigenvalue weighted by Gasteiger charge is -2.39. The Morgan fingerprint density at radius 1 is 0.974 bits per heavy atom. The van der Waals surface area contributed by atoms with Crippen molar-refractivity contribution in [2.45, 2.75) is 18.3 Å². The van der Waals surface area contributed by atoms with E-state index in [1.165, 1.54) is 14.2 Å². The van der Waals surface area contributed by atoms with Crippen LogP contribution in [0.1, 0.15) is 34.9 Å². The predicted molar refractivity (Wildman–Crippen MR) is 144 cm³/mol. The number of methoxy groups -OCH3 is 2. The summed E-state index contributed by atoms with van der Waals surface area (Å²) >= 11 is 0. The van der Waals surface area contributed by atoms with Crippen molar-refractivity contribution < 1.29 is 38.4 Å². The Morgan fingerprint density at radius 3 is 2.18 bits per heavy atom. The van der Waals surface area contributed by atoms with Crippen LogP contribution in [0.25, 0.3) is 0 Å². The number of ether oxygens (including phenoxy) is 5. The highest BCUT2D eigenvalue weighted by atomic mass is 35.5. The molecule has 2 aromatic carbocycles. The van der Waals surface area contributed by atoms with E-state index in [1.807, 2.05) is 31.1 Å². The molecule has 3 aliphatic rings. The first-order chi connectivity index (χ1) is 18.2. The Labute approximate surface area is 234 Å². The first-order valence-electron chi connectivity index (χ1n) is 12.7. The molecule has 1 unspecified atom stereocenters. The van der Waals surface area contributed by atoms with Crippen LogP contribution in [0.15, 0.2) is 24.3 Å². The summed E-state index contributed by atoms with van der Waals surface area (Å²) < 4.78 is 27.9. The first-order valence-corrected chi connectivity index (χ1v) is 12.7. The van der Waals surface area contributed by atoms with Crippen molar-refractivity contribution in [2.24, 2.45) is 11.8 Å². The summed E-state index contributed by atoms with van der Waals surface area (Å²) in [6, 6.07) is 7.29. The smallest absolute Gasteiger partial charge is 0.310 e. The summed E-state index contributed by atoms with van der Waals surface area (Å²) in [5, 5.41) is 10.5. The highest BCUT2D eigenvalue weighted by Crippen LogP contribution is 2.57. The van der Waals surface area contributed by atoms with Gasteiger partial charge in [-0.3, -0.25) is 9.59 Å². The topological polar surface area (TPSA) is 107 Å². The summed E-state index contributed by atoms with van der Waals surface area (Å²) in [7, 11) is 8.68. The predicted octanol–water partition coefficient (Wildman–Crippen LogP) is 2.99. The number of esters is 1. The molecule has 1 fully saturated rings. The third kappa shape index (κ3) is 5.15. The number of fused-ring (bicyclic) bond motifs is 3. The maximum Gasteiger partial charge on any atom is 0.310 e. The zero-order chi connectivity index (χ0) is 27.1. The van der Waals surface area contributed by atoms with E-state index in [4.69, 9.17) is 23.7 Å². The Hall–Kier alpha value is -3.37. The Morgan fingerprint density at radius 2 is 1.59 bits per heavy atom. The van der Waals surface area contributed by atoms with Gasteiger partial charge in [0.2, 0.25) is 18.4 Å². The molecule has 0 bridgehead atoms. The molecule has 5 rings (SSSR count). The molecule has 0 spiro atoms. The van der Waals surface area contributed by atoms with Gasteiger partial charge in [0, 0.05) is 38.4 Å². The van der Waals surface area contributed by atoms with Gasteiger partial charge in [0.1, 0.15) is 0 Å². The Balaban J connectivity index is 0.00000353. The standard InChI is InChI=1S/C28H34N2O8.ClH/c1-29(2)6-7-30(3)24(31)12-17-16-10-20-21(38-14-37-20)11-18(16)25(26-19(17)13-36-28(26)33)15-8-22(34-4)27(32)23(9-15)35-5;/h8-11,17,19,25-26,32H,6-7,12-14H2,1-5H3;1H/t17-,19?,25-,26+;/m1./s1. The van der Waals surface area contributed by atoms with Crippen LogP contribution in [-0.4, -0.2) is 88.6 Å². The van der Waals surface area contributed by atoms with E-state index in [0.29, 0.717) is 18.0 Å². The van der Waals surface area contributed by atoms with Gasteiger partial charge in [-0.25, -0.2) is 0 Å². The summed E-state index contributed by atoms with van der Waals surface area (Å²) in [6.07, 6.45) is 0.239. The van der Waals surface area contributed by atoms with Gasteiger partial charge in [0.15, 0.2) is 23.0 Å². The first kappa shape index (κ1) is 28.6. The van der Waals surface area contributed by atoms with Gasteiger partial charge in [-0.05, 0) is 61.0 Å². The number of cyclic esters (lactones) is 1. The summed E-state index contributed by atoms with van der Waals surface area (Å²) in [5.74, 6) is -0.177. The monoisotopic (exact) mass is 562 g/mol. The lowest BCUT2D eigenvalue weighted by molar-refractivity contribution is -0.141. The molecule has 0 aromatic heterocycles. The number of nitrogens with zero attached hydrogens (tertiary/aromatic N) is 2. The van der Waals surface area contributed by atoms with Gasteiger partial charge in [-0.1, -0.05) is 0 Å². The van der Waals surface area contributed by atoms with Crippen LogP contribution in [-0.2, 0) is 14.3 Å². The van der Waals surface area contributed by atoms with Crippen LogP contribution in [0.5, 0.6) is 28.7 Å². The molecule has 2 heterocycles. The SMILES string of the molecule is COc1cc([C@@H]2c3cc4c(cc3[C@@H](CC(=O)N(C)CCN(C)C)C3COC(=O)[C@@H]32)OCO4)cc(OC)c1O.Cl. The van der Waals surface area contributed by atoms with Gasteiger partial charge in [0.25, 0.3) is 0 Å². The number of halogens is 1. The largest absolute Gasteiger partial charge is 0.502 e. The number of carbonyl (C=O) groups excluding carboxylic acids is 2. The molecule has 2 aromatic rings. The van der Waals surface area contributed by atoms with Gasteiger partial charge in [-0.15, -0.1) is 12.4 Å². The van der Waals surface area contributed by atoms with Crippen molar-refractivity contribution in [3.05, 3.63) is 41.0 Å². The van der Waals surface area contributed by atoms with Gasteiger partial charge in [-0.2, -0.15) is 0 Å². The van der Waals surface area contributed by atoms with E-state index in [2.05, 4.69) is 0 Å². The number of phenolic OH excluding ortho intramolecular Hbond substituents is 1. The van der Waals surface area contributed by atoms with E-state index < -0.39 is 11.8 Å². The minimum atomic E-state index is -0.535. The second kappa shape index (κ2) is 11.4. The number of rotatable bonds is 8. The van der Waals surface area contributed by atoms with Crippen LogP contribution in [0, 0.1) is 11.8 Å². The van der Waals surface area contributed by atoms with Gasteiger partial charge < -0.3 is 38.6 Å². The normalized spacial score (nSPS) is 22.5. The maximum atomic E-state index is 13.4. The third-order valence-corrected chi connectivity index (χ3v) is 7.90. The van der Waals surface area contributed by atoms with Crippen molar-refractivity contribution >= 4 is 24.3 Å². The van der Waals surface area contributed by atoms with E-state index in [0.717, 1.165) is 23.2 Å². The molecule has 1 saturated heterocycles. The van der Waals surface area contributed by atoms with Crippen LogP contribution in [0.4, 0.5) is 0 Å². The second-order valence-corrected chi connectivity index (χ2v) is 10.3. The molecule has 10 nitrogen and oxygen atoms in total. The molecule has 212 valence electrons. The zero-order valence-corrected chi connectivity index (χ0v) is 23.6. The average molecular weight is 563 g/mol. The fraction of sp³-hybridized carbons (Fsp3) is 0.500. The Kier molecular flexibility index (Phi) is 8.37. The third-order valence-electron chi connectivity index (χ3n) is 7.90. The Bertz CT molecular complexity index is 1230. The molecular formula is C28H35ClN2O8. The maximum absolute atomic E-state index is 13.4. The summed E-state index contributed by atoms with van der Waals surface area (Å²) in [6.45, 7) is 1.68. The number of benzene rings is 2. The second-order valence-electron chi connectivity index (χ2n) is 10.3. The van der Waals surface area contributed by atoms with Crippen LogP contribution in [0.2, 0.25) is 0 Å². The minimum absolute atomic E-state index is 0. The van der Waals surface area contributed by atoms with E-state index in [-0.39, 0.29) is 73.2 Å². The zero-order valence-electron chi connectivity index (χ0n) is 22.8. The molecule has 0 saturated carbocycles. The molecule has 1 N–H and O–H groups in total. The number of aromatic hydroxyl groups is 1. The number of carbonyl (C=O) groups is 2. The number of hydrogen-bond donors (Lipinski definition) is 1. The van der Waals surface area contributed by atoms with Crippen LogP contribution >= 0.6 is 12.4 Å². The number of hydrogen-bond acceptors (Lipinski definition) is 9. The van der Waals surface area contributed by atoms with Gasteiger partial charge >= 0.3 is 5.97 Å². The van der Waals surface area contributed by atoms with Crippen molar-refractivity contribution in [2.75, 3.05) is 61.9 Å². The van der Waals surface area contributed by atoms with E-state index in [1.54, 1.807) is 24.1 Å². The van der Waals surface area contributed by atoms with Crippen LogP contribution in [0.3, 0.4) is 0 Å². The number of phenols is 1. The molecule has 4 atom stereocenters. The van der Waals surface area contributed by atoms with Crippen molar-refractivity contribution in [1.29, 1.82) is 0 Å². The fourth-order valence-corrected chi connectivity index (χ4v) is 5.85. The van der Waals surface area contributed by atoms with Crippen molar-refractivity contribution in [1.82, 2.24) is 9.80 Å². The molecule has 2 aliphatic heterocycles. The fourth-order valence-electron chi connectivity index (χ4n) is 5.85. The molecule has 1 aliphatic carbocycles. The molecular weight excluding hydrogens is 528 g/mol. The number of likely N-dealkylation sites (N-methyl/N-ethyl adjacent to an activating group) is 2. The highest BCUT2D eigenvalue weighted by Gasteiger charge is 2.53. The molecule has 1 amide bonds. The minimum Gasteiger partial charge on any atom is -0.502 e. The summed E-state index contributed by atoms with van der Waals surface area (Å²) in [4.78, 5) is 30.4. The molecule has 0 radical (unpaired) electrons.